The summed E-state index contributed by atoms with van der Waals surface area (Å²) in [7, 11) is 0. The fraction of sp³-hybridized carbons (Fsp3) is 0.304. The van der Waals surface area contributed by atoms with Crippen LogP contribution in [0.15, 0.2) is 41.3 Å². The summed E-state index contributed by atoms with van der Waals surface area (Å²) < 4.78 is 0. The van der Waals surface area contributed by atoms with Gasteiger partial charge in [-0.1, -0.05) is 49.7 Å². The minimum Gasteiger partial charge on any atom is -0.268 e. The SMILES string of the molecule is Cc1ccc(C2=C(SC(C)C)C(=O)N(c3cccc(C)c3C)C2=O)c(C)c1. The lowest BCUT2D eigenvalue weighted by Crippen LogP contribution is -2.32. The molecule has 0 saturated carbocycles. The van der Waals surface area contributed by atoms with Gasteiger partial charge in [0.1, 0.15) is 0 Å². The van der Waals surface area contributed by atoms with E-state index in [2.05, 4.69) is 6.07 Å². The van der Waals surface area contributed by atoms with Crippen molar-refractivity contribution < 1.29 is 9.59 Å². The first kappa shape index (κ1) is 19.4. The van der Waals surface area contributed by atoms with Crippen LogP contribution in [0.1, 0.15) is 41.7 Å². The molecule has 0 unspecified atom stereocenters. The van der Waals surface area contributed by atoms with Gasteiger partial charge in [0, 0.05) is 5.25 Å². The molecule has 0 aliphatic carbocycles. The van der Waals surface area contributed by atoms with Crippen molar-refractivity contribution in [3.63, 3.8) is 0 Å². The van der Waals surface area contributed by atoms with Crippen LogP contribution in [0.5, 0.6) is 0 Å². The number of carbonyl (C=O) groups excluding carboxylic acids is 2. The van der Waals surface area contributed by atoms with Crippen LogP contribution in [0, 0.1) is 27.7 Å². The highest BCUT2D eigenvalue weighted by Gasteiger charge is 2.41. The fourth-order valence-corrected chi connectivity index (χ4v) is 4.36. The lowest BCUT2D eigenvalue weighted by atomic mass is 9.98. The number of rotatable bonds is 4. The van der Waals surface area contributed by atoms with Crippen LogP contribution >= 0.6 is 11.8 Å². The van der Waals surface area contributed by atoms with Crippen LogP contribution in [-0.4, -0.2) is 17.1 Å². The fourth-order valence-electron chi connectivity index (χ4n) is 3.38. The number of hydrogen-bond donors (Lipinski definition) is 0. The zero-order valence-corrected chi connectivity index (χ0v) is 17.5. The molecule has 0 fully saturated rings. The number of benzene rings is 2. The largest absolute Gasteiger partial charge is 0.272 e. The molecule has 0 N–H and O–H groups in total. The topological polar surface area (TPSA) is 37.4 Å². The van der Waals surface area contributed by atoms with Crippen LogP contribution in [0.25, 0.3) is 5.57 Å². The second kappa shape index (κ2) is 7.35. The molecule has 3 nitrogen and oxygen atoms in total. The third-order valence-electron chi connectivity index (χ3n) is 4.86. The maximum atomic E-state index is 13.4. The maximum Gasteiger partial charge on any atom is 0.272 e. The summed E-state index contributed by atoms with van der Waals surface area (Å²) in [4.78, 5) is 28.6. The molecule has 1 heterocycles. The van der Waals surface area contributed by atoms with E-state index in [9.17, 15) is 9.59 Å². The summed E-state index contributed by atoms with van der Waals surface area (Å²) >= 11 is 1.47. The van der Waals surface area contributed by atoms with E-state index in [1.807, 2.05) is 71.9 Å². The number of nitrogens with zero attached hydrogens (tertiary/aromatic N) is 1. The highest BCUT2D eigenvalue weighted by molar-refractivity contribution is 8.04. The van der Waals surface area contributed by atoms with Crippen molar-refractivity contribution in [1.82, 2.24) is 0 Å². The Hall–Kier alpha value is -2.33. The molecular weight excluding hydrogens is 354 g/mol. The number of hydrogen-bond acceptors (Lipinski definition) is 3. The number of amides is 2. The third kappa shape index (κ3) is 3.46. The first-order chi connectivity index (χ1) is 12.7. The van der Waals surface area contributed by atoms with Gasteiger partial charge in [0.15, 0.2) is 0 Å². The van der Waals surface area contributed by atoms with Gasteiger partial charge in [-0.15, -0.1) is 11.8 Å². The molecule has 1 aliphatic heterocycles. The van der Waals surface area contributed by atoms with E-state index >= 15 is 0 Å². The van der Waals surface area contributed by atoms with Crippen molar-refractivity contribution in [2.45, 2.75) is 46.8 Å². The minimum atomic E-state index is -0.233. The van der Waals surface area contributed by atoms with E-state index < -0.39 is 0 Å². The van der Waals surface area contributed by atoms with Crippen molar-refractivity contribution >= 4 is 34.8 Å². The monoisotopic (exact) mass is 379 g/mol. The Morgan fingerprint density at radius 1 is 0.889 bits per heavy atom. The highest BCUT2D eigenvalue weighted by atomic mass is 32.2. The van der Waals surface area contributed by atoms with Gasteiger partial charge in [-0.05, 0) is 56.0 Å². The summed E-state index contributed by atoms with van der Waals surface area (Å²) in [5, 5.41) is 0.205. The van der Waals surface area contributed by atoms with Crippen LogP contribution in [-0.2, 0) is 9.59 Å². The van der Waals surface area contributed by atoms with Gasteiger partial charge in [-0.2, -0.15) is 0 Å². The summed E-state index contributed by atoms with van der Waals surface area (Å²) in [6.07, 6.45) is 0. The number of imide groups is 1. The Balaban J connectivity index is 2.19. The summed E-state index contributed by atoms with van der Waals surface area (Å²) in [5.41, 5.74) is 6.20. The van der Waals surface area contributed by atoms with Gasteiger partial charge in [0.05, 0.1) is 16.2 Å². The number of aryl methyl sites for hydroxylation is 3. The predicted molar refractivity (Wildman–Crippen MR) is 114 cm³/mol. The van der Waals surface area contributed by atoms with Crippen molar-refractivity contribution in [2.24, 2.45) is 0 Å². The summed E-state index contributed by atoms with van der Waals surface area (Å²) in [6.45, 7) is 12.0. The van der Waals surface area contributed by atoms with E-state index in [1.165, 1.54) is 16.7 Å². The molecule has 2 aromatic carbocycles. The lowest BCUT2D eigenvalue weighted by molar-refractivity contribution is -0.119. The molecule has 2 aromatic rings. The second-order valence-corrected chi connectivity index (χ2v) is 8.94. The molecule has 140 valence electrons. The van der Waals surface area contributed by atoms with E-state index in [4.69, 9.17) is 0 Å². The second-order valence-electron chi connectivity index (χ2n) is 7.35. The molecule has 1 aliphatic rings. The number of thioether (sulfide) groups is 1. The smallest absolute Gasteiger partial charge is 0.268 e. The van der Waals surface area contributed by atoms with E-state index in [1.54, 1.807) is 0 Å². The standard InChI is InChI=1S/C23H25NO2S/c1-13(2)27-21-20(18-11-10-14(3)12-16(18)5)22(25)24(23(21)26)19-9-7-8-15(4)17(19)6/h7-13H,1-6H3. The molecule has 0 bridgehead atoms. The van der Waals surface area contributed by atoms with Crippen molar-refractivity contribution in [2.75, 3.05) is 4.90 Å². The Kier molecular flexibility index (Phi) is 5.29. The Morgan fingerprint density at radius 3 is 2.22 bits per heavy atom. The molecule has 4 heteroatoms. The number of carbonyl (C=O) groups is 2. The average Bonchev–Trinajstić information content (AvgIpc) is 2.81. The van der Waals surface area contributed by atoms with Crippen LogP contribution in [0.4, 0.5) is 5.69 Å². The molecule has 0 spiro atoms. The quantitative estimate of drug-likeness (QED) is 0.672. The maximum absolute atomic E-state index is 13.4. The van der Waals surface area contributed by atoms with Crippen LogP contribution in [0.2, 0.25) is 0 Å². The average molecular weight is 380 g/mol. The van der Waals surface area contributed by atoms with Gasteiger partial charge >= 0.3 is 0 Å². The molecule has 0 atom stereocenters. The minimum absolute atomic E-state index is 0.205. The highest BCUT2D eigenvalue weighted by Crippen LogP contribution is 2.41. The normalized spacial score (nSPS) is 14.7. The Bertz CT molecular complexity index is 972. The van der Waals surface area contributed by atoms with E-state index in [0.717, 1.165) is 27.8 Å². The molecule has 3 rings (SSSR count). The first-order valence-electron chi connectivity index (χ1n) is 9.16. The van der Waals surface area contributed by atoms with Gasteiger partial charge < -0.3 is 0 Å². The first-order valence-corrected chi connectivity index (χ1v) is 10.0. The Morgan fingerprint density at radius 2 is 1.59 bits per heavy atom. The van der Waals surface area contributed by atoms with Gasteiger partial charge in [0.2, 0.25) is 0 Å². The van der Waals surface area contributed by atoms with Crippen molar-refractivity contribution in [1.29, 1.82) is 0 Å². The van der Waals surface area contributed by atoms with E-state index in [-0.39, 0.29) is 17.1 Å². The van der Waals surface area contributed by atoms with Gasteiger partial charge in [-0.3, -0.25) is 9.59 Å². The lowest BCUT2D eigenvalue weighted by Gasteiger charge is -2.19. The molecular formula is C23H25NO2S. The zero-order chi connectivity index (χ0) is 19.9. The third-order valence-corrected chi connectivity index (χ3v) is 5.95. The summed E-state index contributed by atoms with van der Waals surface area (Å²) in [5.74, 6) is -0.453. The van der Waals surface area contributed by atoms with Gasteiger partial charge in [-0.25, -0.2) is 4.90 Å². The number of anilines is 1. The predicted octanol–water partition coefficient (Wildman–Crippen LogP) is 5.35. The van der Waals surface area contributed by atoms with E-state index in [0.29, 0.717) is 16.2 Å². The Labute approximate surface area is 165 Å². The molecule has 0 aromatic heterocycles. The molecule has 2 amide bonds. The van der Waals surface area contributed by atoms with Crippen LogP contribution < -0.4 is 4.90 Å². The van der Waals surface area contributed by atoms with Crippen LogP contribution in [0.3, 0.4) is 0 Å². The summed E-state index contributed by atoms with van der Waals surface area (Å²) in [6, 6.07) is 11.7. The molecule has 27 heavy (non-hydrogen) atoms. The van der Waals surface area contributed by atoms with Crippen molar-refractivity contribution in [3.05, 3.63) is 69.1 Å². The molecule has 0 saturated heterocycles. The van der Waals surface area contributed by atoms with Gasteiger partial charge in [0.25, 0.3) is 11.8 Å². The molecule has 0 radical (unpaired) electrons. The van der Waals surface area contributed by atoms with Crippen molar-refractivity contribution in [3.8, 4) is 0 Å². The zero-order valence-electron chi connectivity index (χ0n) is 16.7.